The second-order valence-corrected chi connectivity index (χ2v) is 9.64. The van der Waals surface area contributed by atoms with Crippen LogP contribution < -0.4 is 0 Å². The molecule has 0 aliphatic heterocycles. The van der Waals surface area contributed by atoms with Crippen LogP contribution in [0.25, 0.3) is 0 Å². The number of hydrogen-bond acceptors (Lipinski definition) is 2. The molecule has 0 fully saturated rings. The third kappa shape index (κ3) is 4.95. The standard InChI is InChI=1S/C9H26N2Si2/c1-7-10(8-2)12-11(9(3)4)13(5)6/h9,13H,7-8,12H2,1-6H3. The number of nitrogens with zero attached hydrogens (tertiary/aromatic N) is 2. The summed E-state index contributed by atoms with van der Waals surface area (Å²) in [7, 11) is -0.701. The molecule has 0 atom stereocenters. The second kappa shape index (κ2) is 6.76. The van der Waals surface area contributed by atoms with Crippen LogP contribution >= 0.6 is 0 Å². The normalized spacial score (nSPS) is 13.4. The van der Waals surface area contributed by atoms with Gasteiger partial charge in [-0.05, 0) is 19.1 Å². The van der Waals surface area contributed by atoms with Gasteiger partial charge in [0, 0.05) is 0 Å². The molecule has 0 radical (unpaired) electrons. The van der Waals surface area contributed by atoms with Crippen LogP contribution in [0.4, 0.5) is 0 Å². The van der Waals surface area contributed by atoms with Crippen LogP contribution in [-0.4, -0.2) is 46.7 Å². The highest BCUT2D eigenvalue weighted by Crippen LogP contribution is 2.02. The lowest BCUT2D eigenvalue weighted by atomic mass is 10.4. The monoisotopic (exact) mass is 218 g/mol. The zero-order chi connectivity index (χ0) is 10.4. The lowest BCUT2D eigenvalue weighted by Crippen LogP contribution is -2.50. The summed E-state index contributed by atoms with van der Waals surface area (Å²) in [6.45, 7) is 16.6. The van der Waals surface area contributed by atoms with E-state index in [1.165, 1.54) is 13.1 Å². The Morgan fingerprint density at radius 3 is 1.85 bits per heavy atom. The van der Waals surface area contributed by atoms with Crippen LogP contribution in [-0.2, 0) is 0 Å². The van der Waals surface area contributed by atoms with Crippen molar-refractivity contribution in [2.75, 3.05) is 13.1 Å². The minimum Gasteiger partial charge on any atom is -0.339 e. The van der Waals surface area contributed by atoms with Crippen LogP contribution in [0.3, 0.4) is 0 Å². The molecule has 0 aliphatic rings. The molecule has 0 heterocycles. The maximum Gasteiger partial charge on any atom is 0.166 e. The topological polar surface area (TPSA) is 6.48 Å². The molecule has 0 amide bonds. The Labute approximate surface area is 88.0 Å². The van der Waals surface area contributed by atoms with Gasteiger partial charge >= 0.3 is 0 Å². The first-order valence-electron chi connectivity index (χ1n) is 5.50. The summed E-state index contributed by atoms with van der Waals surface area (Å²) < 4.78 is 5.43. The van der Waals surface area contributed by atoms with Gasteiger partial charge in [-0.1, -0.05) is 40.8 Å². The predicted molar refractivity (Wildman–Crippen MR) is 67.3 cm³/mol. The molecule has 80 valence electrons. The fourth-order valence-electron chi connectivity index (χ4n) is 1.58. The molecule has 4 heteroatoms. The molecule has 0 aliphatic carbocycles. The Hall–Kier alpha value is 0.354. The summed E-state index contributed by atoms with van der Waals surface area (Å²) in [6, 6.07) is 0.763. The molecule has 0 rings (SSSR count). The van der Waals surface area contributed by atoms with E-state index in [1.807, 2.05) is 0 Å². The smallest absolute Gasteiger partial charge is 0.166 e. The van der Waals surface area contributed by atoms with Gasteiger partial charge in [0.15, 0.2) is 9.84 Å². The molecule has 0 N–H and O–H groups in total. The van der Waals surface area contributed by atoms with Gasteiger partial charge in [-0.2, -0.15) is 0 Å². The first kappa shape index (κ1) is 13.4. The minimum atomic E-state index is -0.574. The maximum absolute atomic E-state index is 2.80. The van der Waals surface area contributed by atoms with Gasteiger partial charge in [0.1, 0.15) is 0 Å². The van der Waals surface area contributed by atoms with Crippen molar-refractivity contribution in [3.05, 3.63) is 0 Å². The molecule has 0 saturated heterocycles. The van der Waals surface area contributed by atoms with Crippen LogP contribution in [0.2, 0.25) is 13.1 Å². The van der Waals surface area contributed by atoms with Crippen molar-refractivity contribution in [1.29, 1.82) is 0 Å². The van der Waals surface area contributed by atoms with Gasteiger partial charge in [0.25, 0.3) is 0 Å². The highest BCUT2D eigenvalue weighted by molar-refractivity contribution is 6.62. The molecule has 0 unspecified atom stereocenters. The zero-order valence-electron chi connectivity index (χ0n) is 10.2. The minimum absolute atomic E-state index is 0.127. The van der Waals surface area contributed by atoms with E-state index in [-0.39, 0.29) is 9.84 Å². The van der Waals surface area contributed by atoms with Gasteiger partial charge in [0.05, 0.1) is 8.96 Å². The molecule has 2 nitrogen and oxygen atoms in total. The molecular weight excluding hydrogens is 192 g/mol. The van der Waals surface area contributed by atoms with Crippen molar-refractivity contribution < 1.29 is 0 Å². The summed E-state index contributed by atoms with van der Waals surface area (Å²) in [5, 5.41) is 0. The molecule has 0 aromatic carbocycles. The van der Waals surface area contributed by atoms with Crippen LogP contribution in [0.15, 0.2) is 0 Å². The Bertz CT molecular complexity index is 117. The Kier molecular flexibility index (Phi) is 6.94. The molecule has 0 bridgehead atoms. The Morgan fingerprint density at radius 2 is 1.62 bits per heavy atom. The first-order chi connectivity index (χ1) is 6.02. The summed E-state index contributed by atoms with van der Waals surface area (Å²) in [5.74, 6) is 0. The highest BCUT2D eigenvalue weighted by atomic mass is 28.3. The molecular formula is C9H26N2Si2. The van der Waals surface area contributed by atoms with E-state index >= 15 is 0 Å². The fourth-order valence-corrected chi connectivity index (χ4v) is 5.96. The molecule has 13 heavy (non-hydrogen) atoms. The predicted octanol–water partition coefficient (Wildman–Crippen LogP) is 1.02. The van der Waals surface area contributed by atoms with Crippen molar-refractivity contribution >= 4 is 18.8 Å². The van der Waals surface area contributed by atoms with Gasteiger partial charge in [-0.25, -0.2) is 0 Å². The third-order valence-electron chi connectivity index (χ3n) is 2.58. The SMILES string of the molecule is CCN(CC)[SiH2]N(C(C)C)[SiH](C)C. The van der Waals surface area contributed by atoms with E-state index in [4.69, 9.17) is 0 Å². The fraction of sp³-hybridized carbons (Fsp3) is 1.00. The Morgan fingerprint density at radius 1 is 1.15 bits per heavy atom. The van der Waals surface area contributed by atoms with Crippen molar-refractivity contribution in [1.82, 2.24) is 8.80 Å². The van der Waals surface area contributed by atoms with Gasteiger partial charge < -0.3 is 8.80 Å². The lowest BCUT2D eigenvalue weighted by molar-refractivity contribution is 0.428. The van der Waals surface area contributed by atoms with Gasteiger partial charge in [-0.3, -0.25) is 0 Å². The number of hydrogen-bond donors (Lipinski definition) is 0. The van der Waals surface area contributed by atoms with E-state index in [2.05, 4.69) is 49.6 Å². The first-order valence-corrected chi connectivity index (χ1v) is 9.60. The zero-order valence-corrected chi connectivity index (χ0v) is 12.7. The summed E-state index contributed by atoms with van der Waals surface area (Å²) >= 11 is 0. The maximum atomic E-state index is 2.80. The largest absolute Gasteiger partial charge is 0.339 e. The van der Waals surface area contributed by atoms with Crippen molar-refractivity contribution in [2.45, 2.75) is 46.8 Å². The summed E-state index contributed by atoms with van der Waals surface area (Å²) in [4.78, 5) is 0. The van der Waals surface area contributed by atoms with E-state index in [1.54, 1.807) is 0 Å². The average Bonchev–Trinajstić information content (AvgIpc) is 2.05. The van der Waals surface area contributed by atoms with Gasteiger partial charge in [-0.15, -0.1) is 0 Å². The van der Waals surface area contributed by atoms with Crippen LogP contribution in [0, 0.1) is 0 Å². The van der Waals surface area contributed by atoms with Crippen LogP contribution in [0.1, 0.15) is 27.7 Å². The highest BCUT2D eigenvalue weighted by Gasteiger charge is 2.16. The molecule has 0 spiro atoms. The van der Waals surface area contributed by atoms with Crippen molar-refractivity contribution in [3.8, 4) is 0 Å². The summed E-state index contributed by atoms with van der Waals surface area (Å²) in [6.07, 6.45) is 0. The lowest BCUT2D eigenvalue weighted by Gasteiger charge is -2.34. The van der Waals surface area contributed by atoms with E-state index < -0.39 is 8.96 Å². The Balaban J connectivity index is 4.08. The van der Waals surface area contributed by atoms with Crippen molar-refractivity contribution in [2.24, 2.45) is 0 Å². The van der Waals surface area contributed by atoms with Crippen LogP contribution in [0.5, 0.6) is 0 Å². The van der Waals surface area contributed by atoms with Gasteiger partial charge in [0.2, 0.25) is 0 Å². The van der Waals surface area contributed by atoms with Crippen molar-refractivity contribution in [3.63, 3.8) is 0 Å². The number of rotatable bonds is 6. The van der Waals surface area contributed by atoms with E-state index in [0.717, 1.165) is 6.04 Å². The second-order valence-electron chi connectivity index (χ2n) is 4.15. The molecule has 0 saturated carbocycles. The third-order valence-corrected chi connectivity index (χ3v) is 9.54. The quantitative estimate of drug-likeness (QED) is 0.614. The average molecular weight is 218 g/mol. The summed E-state index contributed by atoms with van der Waals surface area (Å²) in [5.41, 5.74) is 0. The molecule has 0 aromatic heterocycles. The molecule has 0 aromatic rings. The van der Waals surface area contributed by atoms with E-state index in [0.29, 0.717) is 0 Å². The van der Waals surface area contributed by atoms with E-state index in [9.17, 15) is 0 Å².